The first-order valence-corrected chi connectivity index (χ1v) is 8.34. The van der Waals surface area contributed by atoms with Gasteiger partial charge in [0.15, 0.2) is 6.61 Å². The summed E-state index contributed by atoms with van der Waals surface area (Å²) in [5, 5.41) is 0.212. The first-order valence-electron chi connectivity index (χ1n) is 7.96. The molecule has 1 aliphatic heterocycles. The maximum Gasteiger partial charge on any atom is 0.341 e. The average molecular weight is 379 g/mol. The second-order valence-corrected chi connectivity index (χ2v) is 6.05. The molecule has 1 aliphatic rings. The third-order valence-corrected chi connectivity index (χ3v) is 4.18. The van der Waals surface area contributed by atoms with Crippen molar-refractivity contribution in [3.63, 3.8) is 0 Å². The number of esters is 1. The minimum atomic E-state index is -0.922. The standard InChI is InChI=1S/C17H16ClFN4O3/c18-12-2-3-14(19)13(10-12)16(25)26-11-15(24)22-6-8-23(9-7-22)17-20-4-1-5-21-17/h1-5,10H,6-9,11H2. The first kappa shape index (κ1) is 18.1. The van der Waals surface area contributed by atoms with Crippen LogP contribution in [0.1, 0.15) is 10.4 Å². The summed E-state index contributed by atoms with van der Waals surface area (Å²) in [5.74, 6) is -1.39. The number of hydrogen-bond donors (Lipinski definition) is 0. The van der Waals surface area contributed by atoms with Gasteiger partial charge < -0.3 is 14.5 Å². The number of hydrogen-bond acceptors (Lipinski definition) is 6. The number of piperazine rings is 1. The first-order chi connectivity index (χ1) is 12.5. The Kier molecular flexibility index (Phi) is 5.62. The van der Waals surface area contributed by atoms with Crippen LogP contribution in [0.25, 0.3) is 0 Å². The molecule has 1 aromatic carbocycles. The van der Waals surface area contributed by atoms with Gasteiger partial charge in [0, 0.05) is 43.6 Å². The van der Waals surface area contributed by atoms with Crippen LogP contribution in [0.2, 0.25) is 5.02 Å². The maximum atomic E-state index is 13.6. The molecule has 0 bridgehead atoms. The third-order valence-electron chi connectivity index (χ3n) is 3.94. The molecule has 1 saturated heterocycles. The molecule has 0 aliphatic carbocycles. The van der Waals surface area contributed by atoms with E-state index < -0.39 is 18.4 Å². The van der Waals surface area contributed by atoms with Crippen LogP contribution >= 0.6 is 11.6 Å². The van der Waals surface area contributed by atoms with Gasteiger partial charge in [-0.3, -0.25) is 4.79 Å². The Balaban J connectivity index is 1.50. The van der Waals surface area contributed by atoms with Crippen molar-refractivity contribution in [3.05, 3.63) is 53.1 Å². The number of aromatic nitrogens is 2. The summed E-state index contributed by atoms with van der Waals surface area (Å²) in [5.41, 5.74) is -0.295. The molecule has 0 spiro atoms. The zero-order valence-corrected chi connectivity index (χ0v) is 14.5. The van der Waals surface area contributed by atoms with Gasteiger partial charge in [0.1, 0.15) is 5.82 Å². The van der Waals surface area contributed by atoms with Gasteiger partial charge in [-0.25, -0.2) is 19.2 Å². The Bertz CT molecular complexity index is 798. The number of nitrogens with zero attached hydrogens (tertiary/aromatic N) is 4. The van der Waals surface area contributed by atoms with Gasteiger partial charge in [-0.2, -0.15) is 0 Å². The fraction of sp³-hybridized carbons (Fsp3) is 0.294. The van der Waals surface area contributed by atoms with Crippen LogP contribution in [0.4, 0.5) is 10.3 Å². The molecule has 1 amide bonds. The molecule has 1 fully saturated rings. The summed E-state index contributed by atoms with van der Waals surface area (Å²) in [6, 6.07) is 5.31. The van der Waals surface area contributed by atoms with Gasteiger partial charge in [-0.05, 0) is 24.3 Å². The number of ether oxygens (including phenoxy) is 1. The van der Waals surface area contributed by atoms with Crippen LogP contribution in [0.3, 0.4) is 0 Å². The van der Waals surface area contributed by atoms with Gasteiger partial charge in [-0.1, -0.05) is 11.6 Å². The molecule has 0 saturated carbocycles. The molecule has 0 N–H and O–H groups in total. The summed E-state index contributed by atoms with van der Waals surface area (Å²) in [6.45, 7) is 1.62. The molecule has 0 radical (unpaired) electrons. The van der Waals surface area contributed by atoms with Crippen LogP contribution in [-0.4, -0.2) is 59.5 Å². The highest BCUT2D eigenvalue weighted by atomic mass is 35.5. The normalized spacial score (nSPS) is 14.2. The lowest BCUT2D eigenvalue weighted by atomic mass is 10.2. The van der Waals surface area contributed by atoms with Crippen LogP contribution in [0.5, 0.6) is 0 Å². The summed E-state index contributed by atoms with van der Waals surface area (Å²) in [6.07, 6.45) is 3.32. The van der Waals surface area contributed by atoms with Crippen molar-refractivity contribution < 1.29 is 18.7 Å². The molecule has 26 heavy (non-hydrogen) atoms. The van der Waals surface area contributed by atoms with Gasteiger partial charge >= 0.3 is 5.97 Å². The highest BCUT2D eigenvalue weighted by Gasteiger charge is 2.24. The fourth-order valence-electron chi connectivity index (χ4n) is 2.56. The molecule has 0 atom stereocenters. The second kappa shape index (κ2) is 8.09. The van der Waals surface area contributed by atoms with Crippen molar-refractivity contribution in [1.29, 1.82) is 0 Å². The molecule has 1 aromatic heterocycles. The monoisotopic (exact) mass is 378 g/mol. The summed E-state index contributed by atoms with van der Waals surface area (Å²) < 4.78 is 18.6. The Labute approximate surface area is 154 Å². The zero-order valence-electron chi connectivity index (χ0n) is 13.8. The van der Waals surface area contributed by atoms with Crippen molar-refractivity contribution >= 4 is 29.4 Å². The Morgan fingerprint density at radius 3 is 2.54 bits per heavy atom. The van der Waals surface area contributed by atoms with E-state index in [4.69, 9.17) is 16.3 Å². The predicted molar refractivity (Wildman–Crippen MR) is 92.5 cm³/mol. The topological polar surface area (TPSA) is 75.6 Å². The van der Waals surface area contributed by atoms with E-state index in [0.717, 1.165) is 6.07 Å². The summed E-state index contributed by atoms with van der Waals surface area (Å²) in [4.78, 5) is 36.0. The van der Waals surface area contributed by atoms with Crippen LogP contribution < -0.4 is 4.90 Å². The molecule has 7 nitrogen and oxygen atoms in total. The second-order valence-electron chi connectivity index (χ2n) is 5.62. The molecular weight excluding hydrogens is 363 g/mol. The molecule has 2 heterocycles. The highest BCUT2D eigenvalue weighted by Crippen LogP contribution is 2.16. The van der Waals surface area contributed by atoms with Crippen molar-refractivity contribution in [2.75, 3.05) is 37.7 Å². The average Bonchev–Trinajstić information content (AvgIpc) is 2.68. The van der Waals surface area contributed by atoms with E-state index in [-0.39, 0.29) is 16.5 Å². The van der Waals surface area contributed by atoms with Gasteiger partial charge in [0.25, 0.3) is 5.91 Å². The van der Waals surface area contributed by atoms with Crippen LogP contribution in [0.15, 0.2) is 36.7 Å². The van der Waals surface area contributed by atoms with E-state index in [9.17, 15) is 14.0 Å². The lowest BCUT2D eigenvalue weighted by Crippen LogP contribution is -2.50. The molecule has 2 aromatic rings. The highest BCUT2D eigenvalue weighted by molar-refractivity contribution is 6.30. The number of carbonyl (C=O) groups is 2. The van der Waals surface area contributed by atoms with Gasteiger partial charge in [-0.15, -0.1) is 0 Å². The molecule has 3 rings (SSSR count). The molecule has 9 heteroatoms. The zero-order chi connectivity index (χ0) is 18.5. The van der Waals surface area contributed by atoms with E-state index in [2.05, 4.69) is 9.97 Å². The Hall–Kier alpha value is -2.74. The fourth-order valence-corrected chi connectivity index (χ4v) is 2.73. The Morgan fingerprint density at radius 1 is 1.15 bits per heavy atom. The summed E-state index contributed by atoms with van der Waals surface area (Å²) in [7, 11) is 0. The van der Waals surface area contributed by atoms with Crippen molar-refractivity contribution in [3.8, 4) is 0 Å². The van der Waals surface area contributed by atoms with E-state index in [0.29, 0.717) is 32.1 Å². The largest absolute Gasteiger partial charge is 0.452 e. The lowest BCUT2D eigenvalue weighted by Gasteiger charge is -2.34. The smallest absolute Gasteiger partial charge is 0.341 e. The number of amides is 1. The number of carbonyl (C=O) groups excluding carboxylic acids is 2. The van der Waals surface area contributed by atoms with Crippen LogP contribution in [0, 0.1) is 5.82 Å². The Morgan fingerprint density at radius 2 is 1.85 bits per heavy atom. The van der Waals surface area contributed by atoms with E-state index in [1.54, 1.807) is 23.4 Å². The van der Waals surface area contributed by atoms with Crippen molar-refractivity contribution in [1.82, 2.24) is 14.9 Å². The van der Waals surface area contributed by atoms with E-state index >= 15 is 0 Å². The van der Waals surface area contributed by atoms with E-state index in [1.165, 1.54) is 12.1 Å². The minimum absolute atomic E-state index is 0.212. The SMILES string of the molecule is O=C(OCC(=O)N1CCN(c2ncccn2)CC1)c1cc(Cl)ccc1F. The summed E-state index contributed by atoms with van der Waals surface area (Å²) >= 11 is 5.75. The van der Waals surface area contributed by atoms with Gasteiger partial charge in [0.05, 0.1) is 5.56 Å². The third kappa shape index (κ3) is 4.26. The van der Waals surface area contributed by atoms with Crippen molar-refractivity contribution in [2.45, 2.75) is 0 Å². The number of halogens is 2. The number of rotatable bonds is 4. The quantitative estimate of drug-likeness (QED) is 0.755. The minimum Gasteiger partial charge on any atom is -0.452 e. The van der Waals surface area contributed by atoms with E-state index in [1.807, 2.05) is 4.90 Å². The predicted octanol–water partition coefficient (Wildman–Crippen LogP) is 1.77. The van der Waals surface area contributed by atoms with Crippen molar-refractivity contribution in [2.24, 2.45) is 0 Å². The number of anilines is 1. The van der Waals surface area contributed by atoms with Gasteiger partial charge in [0.2, 0.25) is 5.95 Å². The lowest BCUT2D eigenvalue weighted by molar-refractivity contribution is -0.134. The van der Waals surface area contributed by atoms with Crippen LogP contribution in [-0.2, 0) is 9.53 Å². The molecule has 0 unspecified atom stereocenters. The molecular formula is C17H16ClFN4O3. The maximum absolute atomic E-state index is 13.6. The molecule has 136 valence electrons. The number of benzene rings is 1.